The van der Waals surface area contributed by atoms with E-state index in [1.54, 1.807) is 17.0 Å². The highest BCUT2D eigenvalue weighted by atomic mass is 16.2. The quantitative estimate of drug-likeness (QED) is 0.715. The van der Waals surface area contributed by atoms with Crippen LogP contribution in [0.15, 0.2) is 22.0 Å². The van der Waals surface area contributed by atoms with E-state index in [1.807, 2.05) is 13.8 Å². The van der Waals surface area contributed by atoms with Crippen molar-refractivity contribution in [2.75, 3.05) is 0 Å². The molecular formula is C12H18N2O2. The Morgan fingerprint density at radius 2 is 1.75 bits per heavy atom. The summed E-state index contributed by atoms with van der Waals surface area (Å²) < 4.78 is 3.06. The maximum Gasteiger partial charge on any atom is 0.316 e. The Kier molecular flexibility index (Phi) is 2.99. The molecule has 88 valence electrons. The van der Waals surface area contributed by atoms with Gasteiger partial charge in [0, 0.05) is 25.5 Å². The summed E-state index contributed by atoms with van der Waals surface area (Å²) in [5, 5.41) is 0. The van der Waals surface area contributed by atoms with E-state index in [-0.39, 0.29) is 5.56 Å². The topological polar surface area (TPSA) is 44.0 Å². The van der Waals surface area contributed by atoms with Crippen LogP contribution in [0.25, 0.3) is 0 Å². The Hall–Kier alpha value is -1.32. The number of nitrogens with zero attached hydrogens (tertiary/aromatic N) is 2. The molecule has 1 heterocycles. The van der Waals surface area contributed by atoms with Crippen molar-refractivity contribution in [2.24, 2.45) is 11.8 Å². The first kappa shape index (κ1) is 11.2. The van der Waals surface area contributed by atoms with Crippen LogP contribution in [0.2, 0.25) is 0 Å². The summed E-state index contributed by atoms with van der Waals surface area (Å²) in [6.07, 6.45) is 5.83. The fourth-order valence-corrected chi connectivity index (χ4v) is 1.80. The van der Waals surface area contributed by atoms with Crippen LogP contribution >= 0.6 is 0 Å². The maximum atomic E-state index is 11.8. The summed E-state index contributed by atoms with van der Waals surface area (Å²) in [4.78, 5) is 23.5. The number of hydrogen-bond acceptors (Lipinski definition) is 2. The number of hydrogen-bond donors (Lipinski definition) is 0. The van der Waals surface area contributed by atoms with Gasteiger partial charge in [-0.25, -0.2) is 0 Å². The molecule has 0 N–H and O–H groups in total. The molecule has 0 amide bonds. The van der Waals surface area contributed by atoms with Gasteiger partial charge in [0.1, 0.15) is 0 Å². The molecule has 0 aliphatic heterocycles. The standard InChI is InChI=1S/C12H18N2O2/c1-9(2)7-13-5-6-14(8-10-3-4-10)12(16)11(13)15/h5-6,9-10H,3-4,7-8H2,1-2H3. The van der Waals surface area contributed by atoms with Crippen molar-refractivity contribution in [2.45, 2.75) is 39.8 Å². The van der Waals surface area contributed by atoms with Gasteiger partial charge in [0.2, 0.25) is 0 Å². The fourth-order valence-electron chi connectivity index (χ4n) is 1.80. The van der Waals surface area contributed by atoms with E-state index >= 15 is 0 Å². The van der Waals surface area contributed by atoms with Crippen LogP contribution in [0.5, 0.6) is 0 Å². The molecule has 0 unspecified atom stereocenters. The van der Waals surface area contributed by atoms with Crippen LogP contribution < -0.4 is 11.1 Å². The minimum atomic E-state index is -0.392. The third kappa shape index (κ3) is 2.43. The van der Waals surface area contributed by atoms with Crippen molar-refractivity contribution in [1.29, 1.82) is 0 Å². The van der Waals surface area contributed by atoms with E-state index in [2.05, 4.69) is 0 Å². The van der Waals surface area contributed by atoms with Gasteiger partial charge < -0.3 is 9.13 Å². The monoisotopic (exact) mass is 222 g/mol. The zero-order chi connectivity index (χ0) is 11.7. The molecule has 16 heavy (non-hydrogen) atoms. The van der Waals surface area contributed by atoms with Gasteiger partial charge in [-0.2, -0.15) is 0 Å². The third-order valence-corrected chi connectivity index (χ3v) is 2.84. The van der Waals surface area contributed by atoms with Gasteiger partial charge in [-0.3, -0.25) is 9.59 Å². The Morgan fingerprint density at radius 1 is 1.19 bits per heavy atom. The van der Waals surface area contributed by atoms with Crippen molar-refractivity contribution in [1.82, 2.24) is 9.13 Å². The Bertz CT molecular complexity index is 444. The largest absolute Gasteiger partial charge is 0.316 e. The molecule has 0 radical (unpaired) electrons. The Labute approximate surface area is 94.5 Å². The second-order valence-electron chi connectivity index (χ2n) is 5.05. The van der Waals surface area contributed by atoms with E-state index in [0.29, 0.717) is 24.9 Å². The molecule has 0 aromatic carbocycles. The van der Waals surface area contributed by atoms with Gasteiger partial charge in [0.25, 0.3) is 0 Å². The second kappa shape index (κ2) is 4.28. The lowest BCUT2D eigenvalue weighted by atomic mass is 10.2. The molecule has 0 bridgehead atoms. The Balaban J connectivity index is 2.28. The molecule has 4 nitrogen and oxygen atoms in total. The van der Waals surface area contributed by atoms with Gasteiger partial charge in [0.15, 0.2) is 0 Å². The van der Waals surface area contributed by atoms with E-state index in [4.69, 9.17) is 0 Å². The number of rotatable bonds is 4. The van der Waals surface area contributed by atoms with E-state index in [1.165, 1.54) is 17.4 Å². The van der Waals surface area contributed by atoms with Gasteiger partial charge >= 0.3 is 11.1 Å². The van der Waals surface area contributed by atoms with Crippen LogP contribution in [0, 0.1) is 11.8 Å². The van der Waals surface area contributed by atoms with Gasteiger partial charge in [-0.05, 0) is 24.7 Å². The summed E-state index contributed by atoms with van der Waals surface area (Å²) >= 11 is 0. The highest BCUT2D eigenvalue weighted by Gasteiger charge is 2.22. The first-order chi connectivity index (χ1) is 7.58. The molecule has 1 aromatic rings. The predicted octanol–water partition coefficient (Wildman–Crippen LogP) is 1.08. The van der Waals surface area contributed by atoms with Crippen molar-refractivity contribution >= 4 is 0 Å². The average molecular weight is 222 g/mol. The molecule has 1 fully saturated rings. The third-order valence-electron chi connectivity index (χ3n) is 2.84. The lowest BCUT2D eigenvalue weighted by Gasteiger charge is -2.10. The fraction of sp³-hybridized carbons (Fsp3) is 0.667. The predicted molar refractivity (Wildman–Crippen MR) is 62.5 cm³/mol. The van der Waals surface area contributed by atoms with Gasteiger partial charge in [-0.1, -0.05) is 13.8 Å². The minimum Gasteiger partial charge on any atom is -0.309 e. The molecule has 0 atom stereocenters. The summed E-state index contributed by atoms with van der Waals surface area (Å²) in [6, 6.07) is 0. The van der Waals surface area contributed by atoms with E-state index in [9.17, 15) is 9.59 Å². The smallest absolute Gasteiger partial charge is 0.309 e. The van der Waals surface area contributed by atoms with Gasteiger partial charge in [0.05, 0.1) is 0 Å². The van der Waals surface area contributed by atoms with Crippen LogP contribution in [-0.4, -0.2) is 9.13 Å². The van der Waals surface area contributed by atoms with Crippen LogP contribution in [0.3, 0.4) is 0 Å². The summed E-state index contributed by atoms with van der Waals surface area (Å²) in [6.45, 7) is 5.37. The van der Waals surface area contributed by atoms with E-state index < -0.39 is 5.56 Å². The lowest BCUT2D eigenvalue weighted by Crippen LogP contribution is -2.41. The highest BCUT2D eigenvalue weighted by molar-refractivity contribution is 4.88. The first-order valence-corrected chi connectivity index (χ1v) is 5.88. The molecular weight excluding hydrogens is 204 g/mol. The highest BCUT2D eigenvalue weighted by Crippen LogP contribution is 2.29. The first-order valence-electron chi connectivity index (χ1n) is 5.88. The summed E-state index contributed by atoms with van der Waals surface area (Å²) in [7, 11) is 0. The molecule has 0 saturated heterocycles. The van der Waals surface area contributed by atoms with Crippen molar-refractivity contribution < 1.29 is 0 Å². The minimum absolute atomic E-state index is 0.372. The molecule has 1 aliphatic rings. The van der Waals surface area contributed by atoms with E-state index in [0.717, 1.165) is 0 Å². The average Bonchev–Trinajstić information content (AvgIpc) is 3.01. The van der Waals surface area contributed by atoms with Crippen LogP contribution in [-0.2, 0) is 13.1 Å². The van der Waals surface area contributed by atoms with Crippen LogP contribution in [0.4, 0.5) is 0 Å². The maximum absolute atomic E-state index is 11.8. The summed E-state index contributed by atoms with van der Waals surface area (Å²) in [5.41, 5.74) is -0.771. The lowest BCUT2D eigenvalue weighted by molar-refractivity contribution is 0.492. The van der Waals surface area contributed by atoms with Crippen molar-refractivity contribution in [3.8, 4) is 0 Å². The second-order valence-corrected chi connectivity index (χ2v) is 5.05. The van der Waals surface area contributed by atoms with Crippen LogP contribution in [0.1, 0.15) is 26.7 Å². The van der Waals surface area contributed by atoms with Crippen molar-refractivity contribution in [3.05, 3.63) is 33.1 Å². The van der Waals surface area contributed by atoms with Crippen molar-refractivity contribution in [3.63, 3.8) is 0 Å². The molecule has 1 aromatic heterocycles. The molecule has 1 aliphatic carbocycles. The Morgan fingerprint density at radius 3 is 2.31 bits per heavy atom. The number of aromatic nitrogens is 2. The molecule has 2 rings (SSSR count). The van der Waals surface area contributed by atoms with Gasteiger partial charge in [-0.15, -0.1) is 0 Å². The SMILES string of the molecule is CC(C)Cn1ccn(CC2CC2)c(=O)c1=O. The normalized spacial score (nSPS) is 15.7. The molecule has 0 spiro atoms. The zero-order valence-corrected chi connectivity index (χ0v) is 9.85. The zero-order valence-electron chi connectivity index (χ0n) is 9.85. The molecule has 4 heteroatoms. The molecule has 1 saturated carbocycles. The summed E-state index contributed by atoms with van der Waals surface area (Å²) in [5.74, 6) is 0.981.